The number of benzene rings is 3. The maximum atomic E-state index is 13.3. The fraction of sp³-hybridized carbons (Fsp3) is 0.207. The molecule has 1 amide bonds. The van der Waals surface area contributed by atoms with Gasteiger partial charge in [-0.2, -0.15) is 0 Å². The van der Waals surface area contributed by atoms with Crippen molar-refractivity contribution in [1.29, 1.82) is 0 Å². The molecule has 3 aromatic rings. The van der Waals surface area contributed by atoms with Crippen LogP contribution in [-0.2, 0) is 27.3 Å². The van der Waals surface area contributed by atoms with Crippen LogP contribution in [0.5, 0.6) is 5.75 Å². The first-order chi connectivity index (χ1) is 17.4. The number of Topliss-reactive ketones (excluding diaryl/α,β-unsaturated/α-hetero) is 1. The Labute approximate surface area is 208 Å². The number of aliphatic hydroxyl groups is 1. The van der Waals surface area contributed by atoms with Gasteiger partial charge in [0.2, 0.25) is 0 Å². The van der Waals surface area contributed by atoms with E-state index in [9.17, 15) is 19.5 Å². The van der Waals surface area contributed by atoms with Crippen molar-refractivity contribution in [2.45, 2.75) is 32.0 Å². The lowest BCUT2D eigenvalue weighted by Crippen LogP contribution is -2.29. The molecule has 5 rings (SSSR count). The molecule has 0 aromatic heterocycles. The maximum Gasteiger partial charge on any atom is 0.337 e. The molecule has 0 radical (unpaired) electrons. The lowest BCUT2D eigenvalue weighted by Gasteiger charge is -2.25. The number of hydrogen-bond acceptors (Lipinski definition) is 6. The Morgan fingerprint density at radius 1 is 1.03 bits per heavy atom. The Kier molecular flexibility index (Phi) is 6.06. The van der Waals surface area contributed by atoms with Crippen molar-refractivity contribution in [1.82, 2.24) is 4.90 Å². The summed E-state index contributed by atoms with van der Waals surface area (Å²) in [7, 11) is 1.30. The first-order valence-electron chi connectivity index (χ1n) is 11.7. The molecule has 2 aliphatic heterocycles. The highest BCUT2D eigenvalue weighted by Gasteiger charge is 2.46. The van der Waals surface area contributed by atoms with Gasteiger partial charge >= 0.3 is 5.97 Å². The van der Waals surface area contributed by atoms with Crippen LogP contribution in [0, 0.1) is 0 Å². The number of nitrogens with zero attached hydrogens (tertiary/aromatic N) is 1. The molecule has 2 atom stereocenters. The second-order valence-electron chi connectivity index (χ2n) is 8.98. The number of rotatable bonds is 5. The number of fused-ring (bicyclic) bond motifs is 1. The largest absolute Gasteiger partial charge is 0.507 e. The van der Waals surface area contributed by atoms with E-state index in [1.807, 2.05) is 37.3 Å². The van der Waals surface area contributed by atoms with E-state index in [-0.39, 0.29) is 24.0 Å². The molecule has 7 nitrogen and oxygen atoms in total. The molecule has 0 aliphatic carbocycles. The highest BCUT2D eigenvalue weighted by molar-refractivity contribution is 6.46. The minimum atomic E-state index is -0.833. The van der Waals surface area contributed by atoms with Gasteiger partial charge in [-0.1, -0.05) is 42.5 Å². The predicted octanol–water partition coefficient (Wildman–Crippen LogP) is 4.42. The number of aliphatic hydroxyl groups excluding tert-OH is 1. The average molecular weight is 484 g/mol. The molecule has 0 bridgehead atoms. The summed E-state index contributed by atoms with van der Waals surface area (Å²) >= 11 is 0. The summed E-state index contributed by atoms with van der Waals surface area (Å²) in [4.78, 5) is 39.9. The highest BCUT2D eigenvalue weighted by Crippen LogP contribution is 2.41. The van der Waals surface area contributed by atoms with Crippen LogP contribution in [0.2, 0.25) is 0 Å². The van der Waals surface area contributed by atoms with E-state index in [1.165, 1.54) is 12.0 Å². The number of carbonyl (C=O) groups excluding carboxylic acids is 3. The van der Waals surface area contributed by atoms with Gasteiger partial charge < -0.3 is 19.5 Å². The second kappa shape index (κ2) is 9.34. The van der Waals surface area contributed by atoms with Crippen LogP contribution in [0.4, 0.5) is 0 Å². The highest BCUT2D eigenvalue weighted by atomic mass is 16.5. The molecule has 1 N–H and O–H groups in total. The molecule has 182 valence electrons. The van der Waals surface area contributed by atoms with E-state index in [0.717, 1.165) is 16.9 Å². The van der Waals surface area contributed by atoms with E-state index in [1.54, 1.807) is 42.5 Å². The summed E-state index contributed by atoms with van der Waals surface area (Å²) in [5.74, 6) is -1.43. The lowest BCUT2D eigenvalue weighted by atomic mass is 9.93. The minimum absolute atomic E-state index is 0.00802. The molecule has 0 spiro atoms. The normalized spacial score (nSPS) is 20.2. The Hall–Kier alpha value is -4.39. The van der Waals surface area contributed by atoms with Gasteiger partial charge in [0.15, 0.2) is 0 Å². The molecule has 1 fully saturated rings. The first kappa shape index (κ1) is 23.4. The van der Waals surface area contributed by atoms with Crippen molar-refractivity contribution in [2.75, 3.05) is 7.11 Å². The third kappa shape index (κ3) is 4.13. The average Bonchev–Trinajstić information content (AvgIpc) is 3.39. The topological polar surface area (TPSA) is 93.1 Å². The molecule has 7 heteroatoms. The lowest BCUT2D eigenvalue weighted by molar-refractivity contribution is -0.140. The summed E-state index contributed by atoms with van der Waals surface area (Å²) in [5.41, 5.74) is 3.17. The summed E-state index contributed by atoms with van der Waals surface area (Å²) < 4.78 is 10.5. The van der Waals surface area contributed by atoms with Crippen LogP contribution >= 0.6 is 0 Å². The van der Waals surface area contributed by atoms with Crippen molar-refractivity contribution >= 4 is 23.4 Å². The maximum absolute atomic E-state index is 13.3. The zero-order chi connectivity index (χ0) is 25.4. The van der Waals surface area contributed by atoms with Crippen LogP contribution in [0.25, 0.3) is 5.76 Å². The quantitative estimate of drug-likeness (QED) is 0.250. The second-order valence-corrected chi connectivity index (χ2v) is 8.98. The number of ether oxygens (including phenoxy) is 2. The summed E-state index contributed by atoms with van der Waals surface area (Å²) in [6, 6.07) is 20.3. The standard InChI is InChI=1S/C29H25NO6/c1-17-14-22-15-21(12-13-23(22)36-17)26(31)24-25(19-8-10-20(11-9-19)29(34)35-2)30(28(33)27(24)32)16-18-6-4-3-5-7-18/h3-13,15,17,25,31H,14,16H2,1-2H3/b26-24+. The van der Waals surface area contributed by atoms with Crippen LogP contribution in [0.1, 0.15) is 45.6 Å². The van der Waals surface area contributed by atoms with Crippen molar-refractivity contribution in [3.8, 4) is 5.75 Å². The number of methoxy groups -OCH3 is 1. The zero-order valence-corrected chi connectivity index (χ0v) is 19.9. The monoisotopic (exact) mass is 483 g/mol. The number of esters is 1. The number of ketones is 1. The van der Waals surface area contributed by atoms with Gasteiger partial charge in [-0.3, -0.25) is 9.59 Å². The molecule has 2 heterocycles. The van der Waals surface area contributed by atoms with Crippen LogP contribution in [-0.4, -0.2) is 40.9 Å². The van der Waals surface area contributed by atoms with E-state index >= 15 is 0 Å². The van der Waals surface area contributed by atoms with Gasteiger partial charge in [-0.25, -0.2) is 4.79 Å². The van der Waals surface area contributed by atoms with E-state index < -0.39 is 23.7 Å². The van der Waals surface area contributed by atoms with E-state index in [2.05, 4.69) is 0 Å². The Balaban J connectivity index is 1.62. The molecule has 2 unspecified atom stereocenters. The SMILES string of the molecule is COC(=O)c1ccc(C2/C(=C(\O)c3ccc4c(c3)CC(C)O4)C(=O)C(=O)N2Cc2ccccc2)cc1. The minimum Gasteiger partial charge on any atom is -0.507 e. The third-order valence-electron chi connectivity index (χ3n) is 6.55. The number of amides is 1. The van der Waals surface area contributed by atoms with Gasteiger partial charge in [0.25, 0.3) is 11.7 Å². The fourth-order valence-electron chi connectivity index (χ4n) is 4.81. The molecule has 1 saturated heterocycles. The molecular weight excluding hydrogens is 458 g/mol. The van der Waals surface area contributed by atoms with E-state index in [4.69, 9.17) is 9.47 Å². The molecule has 0 saturated carbocycles. The van der Waals surface area contributed by atoms with Gasteiger partial charge in [0.05, 0.1) is 24.3 Å². The fourth-order valence-corrected chi connectivity index (χ4v) is 4.81. The third-order valence-corrected chi connectivity index (χ3v) is 6.55. The molecule has 3 aromatic carbocycles. The van der Waals surface area contributed by atoms with Crippen molar-refractivity contribution in [3.05, 3.63) is 106 Å². The number of carbonyl (C=O) groups is 3. The van der Waals surface area contributed by atoms with E-state index in [0.29, 0.717) is 23.1 Å². The van der Waals surface area contributed by atoms with Crippen molar-refractivity contribution < 1.29 is 29.0 Å². The van der Waals surface area contributed by atoms with Crippen LogP contribution < -0.4 is 4.74 Å². The summed E-state index contributed by atoms with van der Waals surface area (Å²) in [5, 5.41) is 11.4. The molecular formula is C29H25NO6. The first-order valence-corrected chi connectivity index (χ1v) is 11.7. The van der Waals surface area contributed by atoms with Gasteiger partial charge in [0, 0.05) is 18.5 Å². The van der Waals surface area contributed by atoms with Crippen LogP contribution in [0.15, 0.2) is 78.4 Å². The van der Waals surface area contributed by atoms with Gasteiger partial charge in [-0.15, -0.1) is 0 Å². The Morgan fingerprint density at radius 3 is 2.42 bits per heavy atom. The summed E-state index contributed by atoms with van der Waals surface area (Å²) in [6.45, 7) is 2.15. The van der Waals surface area contributed by atoms with Crippen LogP contribution in [0.3, 0.4) is 0 Å². The van der Waals surface area contributed by atoms with Crippen molar-refractivity contribution in [3.63, 3.8) is 0 Å². The number of likely N-dealkylation sites (tertiary alicyclic amines) is 1. The summed E-state index contributed by atoms with van der Waals surface area (Å²) in [6.07, 6.45) is 0.721. The van der Waals surface area contributed by atoms with Gasteiger partial charge in [-0.05, 0) is 53.9 Å². The van der Waals surface area contributed by atoms with Crippen molar-refractivity contribution in [2.24, 2.45) is 0 Å². The zero-order valence-electron chi connectivity index (χ0n) is 19.9. The molecule has 2 aliphatic rings. The smallest absolute Gasteiger partial charge is 0.337 e. The number of hydrogen-bond donors (Lipinski definition) is 1. The Morgan fingerprint density at radius 2 is 1.72 bits per heavy atom. The predicted molar refractivity (Wildman–Crippen MR) is 132 cm³/mol. The van der Waals surface area contributed by atoms with Gasteiger partial charge in [0.1, 0.15) is 17.6 Å². The Bertz CT molecular complexity index is 1380. The molecule has 36 heavy (non-hydrogen) atoms.